The smallest absolute Gasteiger partial charge is 0.295 e. The molecule has 0 radical (unpaired) electrons. The number of fused-ring (bicyclic) bond motifs is 1. The number of hydrogen-bond donors (Lipinski definition) is 2. The summed E-state index contributed by atoms with van der Waals surface area (Å²) >= 11 is 5.97. The minimum absolute atomic E-state index is 0.0744. The lowest BCUT2D eigenvalue weighted by Gasteiger charge is -2.28. The highest BCUT2D eigenvalue weighted by Gasteiger charge is 2.24. The zero-order valence-electron chi connectivity index (χ0n) is 15.6. The highest BCUT2D eigenvalue weighted by atomic mass is 35.5. The van der Waals surface area contributed by atoms with E-state index in [0.717, 1.165) is 43.3 Å². The SMILES string of the molecule is O=S(=O)(NCC1CCC(Nc2nc3ccc(Cl)cc3o2)CC1)c1ccc(F)cc1. The Morgan fingerprint density at radius 1 is 1.10 bits per heavy atom. The number of anilines is 1. The van der Waals surface area contributed by atoms with Crippen molar-refractivity contribution >= 4 is 38.7 Å². The first kappa shape index (κ1) is 20.1. The van der Waals surface area contributed by atoms with Gasteiger partial charge in [0.15, 0.2) is 5.58 Å². The molecule has 0 spiro atoms. The van der Waals surface area contributed by atoms with E-state index < -0.39 is 15.8 Å². The quantitative estimate of drug-likeness (QED) is 0.590. The summed E-state index contributed by atoms with van der Waals surface area (Å²) in [6.45, 7) is 0.369. The second-order valence-corrected chi connectivity index (χ2v) is 9.50. The number of sulfonamides is 1. The fourth-order valence-corrected chi connectivity index (χ4v) is 4.85. The molecule has 0 bridgehead atoms. The van der Waals surface area contributed by atoms with Gasteiger partial charge in [0.1, 0.15) is 11.3 Å². The number of nitrogens with one attached hydrogen (secondary N) is 2. The van der Waals surface area contributed by atoms with Gasteiger partial charge in [0.25, 0.3) is 6.01 Å². The summed E-state index contributed by atoms with van der Waals surface area (Å²) in [6.07, 6.45) is 3.55. The first-order chi connectivity index (χ1) is 13.9. The van der Waals surface area contributed by atoms with Gasteiger partial charge in [-0.25, -0.2) is 17.5 Å². The molecule has 9 heteroatoms. The summed E-state index contributed by atoms with van der Waals surface area (Å²) in [5, 5.41) is 3.92. The molecular weight excluding hydrogens is 417 g/mol. The van der Waals surface area contributed by atoms with E-state index in [1.807, 2.05) is 6.07 Å². The second kappa shape index (κ2) is 8.30. The minimum atomic E-state index is -3.62. The first-order valence-electron chi connectivity index (χ1n) is 9.47. The third-order valence-corrected chi connectivity index (χ3v) is 6.89. The molecule has 3 aromatic rings. The van der Waals surface area contributed by atoms with Crippen LogP contribution in [0.15, 0.2) is 51.8 Å². The Morgan fingerprint density at radius 3 is 2.55 bits per heavy atom. The number of aromatic nitrogens is 1. The molecule has 154 valence electrons. The van der Waals surface area contributed by atoms with Gasteiger partial charge in [-0.15, -0.1) is 0 Å². The van der Waals surface area contributed by atoms with E-state index in [9.17, 15) is 12.8 Å². The van der Waals surface area contributed by atoms with Crippen molar-refractivity contribution in [1.29, 1.82) is 0 Å². The van der Waals surface area contributed by atoms with Gasteiger partial charge in [-0.1, -0.05) is 11.6 Å². The molecule has 1 saturated carbocycles. The maximum absolute atomic E-state index is 13.0. The van der Waals surface area contributed by atoms with Gasteiger partial charge in [0, 0.05) is 23.7 Å². The van der Waals surface area contributed by atoms with E-state index >= 15 is 0 Å². The summed E-state index contributed by atoms with van der Waals surface area (Å²) in [7, 11) is -3.62. The molecule has 1 heterocycles. The fourth-order valence-electron chi connectivity index (χ4n) is 3.57. The molecule has 1 aromatic heterocycles. The monoisotopic (exact) mass is 437 g/mol. The second-order valence-electron chi connectivity index (χ2n) is 7.30. The summed E-state index contributed by atoms with van der Waals surface area (Å²) < 4.78 is 46.0. The van der Waals surface area contributed by atoms with Crippen molar-refractivity contribution in [2.45, 2.75) is 36.6 Å². The Hall–Kier alpha value is -2.16. The number of benzene rings is 2. The third kappa shape index (κ3) is 4.88. The van der Waals surface area contributed by atoms with Gasteiger partial charge in [0.2, 0.25) is 10.0 Å². The highest BCUT2D eigenvalue weighted by Crippen LogP contribution is 2.28. The van der Waals surface area contributed by atoms with Crippen LogP contribution in [0.25, 0.3) is 11.1 Å². The standard InChI is InChI=1S/C20H21ClFN3O3S/c21-14-3-10-18-19(11-14)28-20(25-18)24-16-6-1-13(2-7-16)12-23-29(26,27)17-8-4-15(22)5-9-17/h3-5,8-11,13,16,23H,1-2,6-7,12H2,(H,24,25). The Balaban J connectivity index is 1.28. The molecule has 6 nitrogen and oxygen atoms in total. The lowest BCUT2D eigenvalue weighted by atomic mass is 9.86. The van der Waals surface area contributed by atoms with Crippen molar-refractivity contribution in [3.63, 3.8) is 0 Å². The molecule has 0 unspecified atom stereocenters. The number of nitrogens with zero attached hydrogens (tertiary/aromatic N) is 1. The maximum Gasteiger partial charge on any atom is 0.295 e. The zero-order chi connectivity index (χ0) is 20.4. The number of rotatable bonds is 6. The van der Waals surface area contributed by atoms with E-state index in [1.165, 1.54) is 12.1 Å². The first-order valence-corrected chi connectivity index (χ1v) is 11.3. The van der Waals surface area contributed by atoms with Crippen LogP contribution >= 0.6 is 11.6 Å². The summed E-state index contributed by atoms with van der Waals surface area (Å²) in [5.41, 5.74) is 1.39. The maximum atomic E-state index is 13.0. The van der Waals surface area contributed by atoms with E-state index in [4.69, 9.17) is 16.0 Å². The van der Waals surface area contributed by atoms with Crippen LogP contribution in [0, 0.1) is 11.7 Å². The van der Waals surface area contributed by atoms with Crippen LogP contribution < -0.4 is 10.0 Å². The van der Waals surface area contributed by atoms with Gasteiger partial charge in [-0.05, 0) is 68.0 Å². The normalized spacial score (nSPS) is 20.1. The Kier molecular flexibility index (Phi) is 5.76. The van der Waals surface area contributed by atoms with Crippen LogP contribution in [-0.4, -0.2) is 26.0 Å². The Labute approximate surface area is 173 Å². The van der Waals surface area contributed by atoms with Crippen LogP contribution in [0.5, 0.6) is 0 Å². The molecule has 0 amide bonds. The molecular formula is C20H21ClFN3O3S. The van der Waals surface area contributed by atoms with Crippen LogP contribution in [-0.2, 0) is 10.0 Å². The highest BCUT2D eigenvalue weighted by molar-refractivity contribution is 7.89. The minimum Gasteiger partial charge on any atom is -0.423 e. The lowest BCUT2D eigenvalue weighted by molar-refractivity contribution is 0.334. The molecule has 0 aliphatic heterocycles. The predicted octanol–water partition coefficient (Wildman–Crippen LogP) is 4.57. The van der Waals surface area contributed by atoms with Gasteiger partial charge in [-0.3, -0.25) is 0 Å². The van der Waals surface area contributed by atoms with Crippen LogP contribution in [0.1, 0.15) is 25.7 Å². The van der Waals surface area contributed by atoms with Crippen molar-refractivity contribution in [2.75, 3.05) is 11.9 Å². The topological polar surface area (TPSA) is 84.2 Å². The van der Waals surface area contributed by atoms with E-state index in [-0.39, 0.29) is 16.9 Å². The van der Waals surface area contributed by atoms with Crippen LogP contribution in [0.3, 0.4) is 0 Å². The summed E-state index contributed by atoms with van der Waals surface area (Å²) in [5.74, 6) is -0.206. The predicted molar refractivity (Wildman–Crippen MR) is 110 cm³/mol. The van der Waals surface area contributed by atoms with E-state index in [1.54, 1.807) is 12.1 Å². The Morgan fingerprint density at radius 2 is 1.83 bits per heavy atom. The molecule has 1 fully saturated rings. The van der Waals surface area contributed by atoms with Gasteiger partial charge >= 0.3 is 0 Å². The largest absolute Gasteiger partial charge is 0.423 e. The Bertz CT molecular complexity index is 1090. The molecule has 0 atom stereocenters. The summed E-state index contributed by atoms with van der Waals surface area (Å²) in [4.78, 5) is 4.49. The average molecular weight is 438 g/mol. The van der Waals surface area contributed by atoms with Crippen LogP contribution in [0.2, 0.25) is 5.02 Å². The lowest BCUT2D eigenvalue weighted by Crippen LogP contribution is -2.34. The number of hydrogen-bond acceptors (Lipinski definition) is 5. The van der Waals surface area contributed by atoms with E-state index in [2.05, 4.69) is 15.0 Å². The number of oxazole rings is 1. The van der Waals surface area contributed by atoms with Gasteiger partial charge < -0.3 is 9.73 Å². The van der Waals surface area contributed by atoms with Crippen molar-refractivity contribution in [2.24, 2.45) is 5.92 Å². The van der Waals surface area contributed by atoms with Crippen molar-refractivity contribution in [1.82, 2.24) is 9.71 Å². The molecule has 29 heavy (non-hydrogen) atoms. The third-order valence-electron chi connectivity index (χ3n) is 5.21. The summed E-state index contributed by atoms with van der Waals surface area (Å²) in [6, 6.07) is 10.9. The van der Waals surface area contributed by atoms with Crippen molar-refractivity contribution < 1.29 is 17.2 Å². The molecule has 2 N–H and O–H groups in total. The van der Waals surface area contributed by atoms with Crippen molar-refractivity contribution in [3.05, 3.63) is 53.3 Å². The van der Waals surface area contributed by atoms with Crippen LogP contribution in [0.4, 0.5) is 10.4 Å². The zero-order valence-corrected chi connectivity index (χ0v) is 17.1. The van der Waals surface area contributed by atoms with Crippen molar-refractivity contribution in [3.8, 4) is 0 Å². The molecule has 4 rings (SSSR count). The van der Waals surface area contributed by atoms with Gasteiger partial charge in [-0.2, -0.15) is 4.98 Å². The molecule has 2 aromatic carbocycles. The molecule has 1 aliphatic carbocycles. The average Bonchev–Trinajstić information content (AvgIpc) is 3.09. The van der Waals surface area contributed by atoms with E-state index in [0.29, 0.717) is 23.2 Å². The fraction of sp³-hybridized carbons (Fsp3) is 0.350. The molecule has 1 aliphatic rings. The van der Waals surface area contributed by atoms with Gasteiger partial charge in [0.05, 0.1) is 4.90 Å². The number of halogens is 2. The molecule has 0 saturated heterocycles.